The number of imide groups is 1. The largest absolute Gasteiger partial charge is 0.481 e. The van der Waals surface area contributed by atoms with Gasteiger partial charge in [0.2, 0.25) is 0 Å². The highest BCUT2D eigenvalue weighted by Crippen LogP contribution is 2.13. The molecule has 0 bridgehead atoms. The lowest BCUT2D eigenvalue weighted by Crippen LogP contribution is -2.32. The number of carboxylic acid groups (broad SMARTS) is 1. The fourth-order valence-electron chi connectivity index (χ4n) is 1.19. The smallest absolute Gasteiger partial charge is 0.333 e. The molecule has 8 nitrogen and oxygen atoms in total. The highest BCUT2D eigenvalue weighted by molar-refractivity contribution is 6.01. The van der Waals surface area contributed by atoms with Crippen molar-refractivity contribution in [1.29, 1.82) is 0 Å². The Morgan fingerprint density at radius 1 is 1.16 bits per heavy atom. The van der Waals surface area contributed by atoms with E-state index in [0.29, 0.717) is 5.06 Å². The summed E-state index contributed by atoms with van der Waals surface area (Å²) in [5, 5.41) is 8.77. The van der Waals surface area contributed by atoms with E-state index in [1.165, 1.54) is 0 Å². The Hall–Kier alpha value is -1.96. The average molecular weight is 273 g/mol. The van der Waals surface area contributed by atoms with Crippen molar-refractivity contribution in [2.24, 2.45) is 0 Å². The van der Waals surface area contributed by atoms with Crippen LogP contribution >= 0.6 is 0 Å². The number of carbonyl (C=O) groups is 4. The van der Waals surface area contributed by atoms with Crippen LogP contribution in [0, 0.1) is 0 Å². The summed E-state index contributed by atoms with van der Waals surface area (Å²) in [4.78, 5) is 47.9. The highest BCUT2D eigenvalue weighted by Gasteiger charge is 2.32. The lowest BCUT2D eigenvalue weighted by molar-refractivity contribution is -0.197. The number of epoxide rings is 1. The molecule has 2 heterocycles. The Morgan fingerprint density at radius 3 is 2.11 bits per heavy atom. The lowest BCUT2D eigenvalue weighted by atomic mass is 10.2. The van der Waals surface area contributed by atoms with Crippen LogP contribution in [0.3, 0.4) is 0 Å². The molecular formula is C11H15NO7. The fraction of sp³-hybridized carbons (Fsp3) is 0.636. The van der Waals surface area contributed by atoms with Gasteiger partial charge in [0, 0.05) is 25.7 Å². The van der Waals surface area contributed by atoms with Crippen LogP contribution in [0.5, 0.6) is 0 Å². The monoisotopic (exact) mass is 273 g/mol. The van der Waals surface area contributed by atoms with Crippen molar-refractivity contribution >= 4 is 23.8 Å². The van der Waals surface area contributed by atoms with Crippen LogP contribution in [0.25, 0.3) is 0 Å². The first-order valence-corrected chi connectivity index (χ1v) is 5.87. The normalized spacial score (nSPS) is 16.7. The van der Waals surface area contributed by atoms with Gasteiger partial charge in [-0.3, -0.25) is 14.4 Å². The van der Waals surface area contributed by atoms with Gasteiger partial charge in [0.1, 0.15) is 0 Å². The predicted molar refractivity (Wildman–Crippen MR) is 59.5 cm³/mol. The zero-order valence-corrected chi connectivity index (χ0v) is 10.3. The van der Waals surface area contributed by atoms with Crippen molar-refractivity contribution < 1.29 is 33.9 Å². The van der Waals surface area contributed by atoms with Crippen molar-refractivity contribution in [1.82, 2.24) is 5.06 Å². The zero-order valence-electron chi connectivity index (χ0n) is 10.3. The summed E-state index contributed by atoms with van der Waals surface area (Å²) < 4.78 is 4.50. The van der Waals surface area contributed by atoms with Crippen LogP contribution < -0.4 is 0 Å². The van der Waals surface area contributed by atoms with Gasteiger partial charge in [-0.1, -0.05) is 0 Å². The average Bonchev–Trinajstić information content (AvgIpc) is 3.17. The molecule has 2 amide bonds. The van der Waals surface area contributed by atoms with Crippen LogP contribution in [0.1, 0.15) is 32.1 Å². The molecule has 0 aliphatic carbocycles. The van der Waals surface area contributed by atoms with Crippen LogP contribution in [-0.2, 0) is 28.8 Å². The standard InChI is InChI=1S/C9H11NO6.C2H4O/c11-6-4-5-7(12)10(6)16-9(15)3-1-2-8(13)14;1-2-3-1/h1-5H2,(H,13,14);1-2H2. The van der Waals surface area contributed by atoms with Gasteiger partial charge < -0.3 is 14.7 Å². The number of aliphatic carboxylic acids is 1. The molecule has 2 aliphatic rings. The first kappa shape index (κ1) is 15.1. The molecule has 0 radical (unpaired) electrons. The maximum atomic E-state index is 11.1. The molecule has 2 saturated heterocycles. The number of hydroxylamine groups is 2. The van der Waals surface area contributed by atoms with E-state index in [-0.39, 0.29) is 32.1 Å². The Kier molecular flexibility index (Phi) is 5.94. The molecule has 106 valence electrons. The molecular weight excluding hydrogens is 258 g/mol. The second-order valence-corrected chi connectivity index (χ2v) is 3.90. The van der Waals surface area contributed by atoms with Gasteiger partial charge in [-0.05, 0) is 6.42 Å². The van der Waals surface area contributed by atoms with E-state index in [4.69, 9.17) is 5.11 Å². The molecule has 0 unspecified atom stereocenters. The SMILES string of the molecule is C1CO1.O=C(O)CCCC(=O)ON1C(=O)CCC1=O. The number of amides is 2. The van der Waals surface area contributed by atoms with Gasteiger partial charge in [-0.15, -0.1) is 5.06 Å². The Bertz CT molecular complexity index is 358. The van der Waals surface area contributed by atoms with Crippen LogP contribution in [0.4, 0.5) is 0 Å². The highest BCUT2D eigenvalue weighted by atomic mass is 16.7. The van der Waals surface area contributed by atoms with Crippen LogP contribution in [-0.4, -0.2) is 47.1 Å². The maximum Gasteiger partial charge on any atom is 0.333 e. The topological polar surface area (TPSA) is 114 Å². The van der Waals surface area contributed by atoms with Crippen LogP contribution in [0.2, 0.25) is 0 Å². The summed E-state index contributed by atoms with van der Waals surface area (Å²) in [5.74, 6) is -2.88. The van der Waals surface area contributed by atoms with Gasteiger partial charge in [0.05, 0.1) is 13.2 Å². The summed E-state index contributed by atoms with van der Waals surface area (Å²) in [7, 11) is 0. The molecule has 0 aromatic heterocycles. The molecule has 0 aromatic carbocycles. The van der Waals surface area contributed by atoms with Crippen molar-refractivity contribution in [2.45, 2.75) is 32.1 Å². The number of carboxylic acids is 1. The second-order valence-electron chi connectivity index (χ2n) is 3.90. The molecule has 0 aromatic rings. The minimum atomic E-state index is -1.01. The third kappa shape index (κ3) is 6.51. The van der Waals surface area contributed by atoms with Gasteiger partial charge in [0.15, 0.2) is 0 Å². The summed E-state index contributed by atoms with van der Waals surface area (Å²) in [5.41, 5.74) is 0. The first-order chi connectivity index (χ1) is 9.00. The summed E-state index contributed by atoms with van der Waals surface area (Å²) >= 11 is 0. The molecule has 2 aliphatic heterocycles. The summed E-state index contributed by atoms with van der Waals surface area (Å²) in [6.45, 7) is 2.00. The number of hydrogen-bond donors (Lipinski definition) is 1. The third-order valence-corrected chi connectivity index (χ3v) is 2.17. The molecule has 1 N–H and O–H groups in total. The summed E-state index contributed by atoms with van der Waals surface area (Å²) in [6, 6.07) is 0. The first-order valence-electron chi connectivity index (χ1n) is 5.87. The number of rotatable bonds is 5. The minimum Gasteiger partial charge on any atom is -0.481 e. The molecule has 0 atom stereocenters. The molecule has 0 saturated carbocycles. The lowest BCUT2D eigenvalue weighted by Gasteiger charge is -2.11. The molecule has 0 spiro atoms. The van der Waals surface area contributed by atoms with E-state index in [1.54, 1.807) is 0 Å². The van der Waals surface area contributed by atoms with Crippen molar-refractivity contribution in [3.63, 3.8) is 0 Å². The second kappa shape index (κ2) is 7.47. The van der Waals surface area contributed by atoms with Crippen molar-refractivity contribution in [3.05, 3.63) is 0 Å². The molecule has 2 rings (SSSR count). The van der Waals surface area contributed by atoms with Gasteiger partial charge >= 0.3 is 11.9 Å². The van der Waals surface area contributed by atoms with Crippen molar-refractivity contribution in [2.75, 3.05) is 13.2 Å². The number of hydrogen-bond acceptors (Lipinski definition) is 6. The quantitative estimate of drug-likeness (QED) is 0.548. The van der Waals surface area contributed by atoms with E-state index < -0.39 is 23.8 Å². The molecule has 19 heavy (non-hydrogen) atoms. The van der Waals surface area contributed by atoms with Gasteiger partial charge in [-0.25, -0.2) is 4.79 Å². The number of nitrogens with zero attached hydrogens (tertiary/aromatic N) is 1. The maximum absolute atomic E-state index is 11.1. The molecule has 8 heteroatoms. The summed E-state index contributed by atoms with van der Waals surface area (Å²) in [6.07, 6.45) is -0.0901. The van der Waals surface area contributed by atoms with Gasteiger partial charge in [-0.2, -0.15) is 0 Å². The number of carbonyl (C=O) groups excluding carboxylic acids is 3. The van der Waals surface area contributed by atoms with Crippen molar-refractivity contribution in [3.8, 4) is 0 Å². The van der Waals surface area contributed by atoms with Gasteiger partial charge in [0.25, 0.3) is 11.8 Å². The number of ether oxygens (including phenoxy) is 1. The van der Waals surface area contributed by atoms with E-state index in [0.717, 1.165) is 13.2 Å². The van der Waals surface area contributed by atoms with Crippen LogP contribution in [0.15, 0.2) is 0 Å². The van der Waals surface area contributed by atoms with E-state index in [1.807, 2.05) is 0 Å². The van der Waals surface area contributed by atoms with E-state index >= 15 is 0 Å². The van der Waals surface area contributed by atoms with E-state index in [9.17, 15) is 19.2 Å². The minimum absolute atomic E-state index is 0.0429. The van der Waals surface area contributed by atoms with E-state index in [2.05, 4.69) is 9.57 Å². The predicted octanol–water partition coefficient (Wildman–Crippen LogP) is -0.135. The zero-order chi connectivity index (χ0) is 14.3. The molecule has 2 fully saturated rings. The Morgan fingerprint density at radius 2 is 1.68 bits per heavy atom. The Labute approximate surface area is 109 Å². The third-order valence-electron chi connectivity index (χ3n) is 2.17. The fourth-order valence-corrected chi connectivity index (χ4v) is 1.19. The Balaban J connectivity index is 0.000000524.